The second-order valence-electron chi connectivity index (χ2n) is 3.46. The second kappa shape index (κ2) is 3.58. The van der Waals surface area contributed by atoms with Gasteiger partial charge in [0.1, 0.15) is 5.75 Å². The molecule has 1 aliphatic rings. The van der Waals surface area contributed by atoms with Gasteiger partial charge in [-0.1, -0.05) is 12.1 Å². The molecule has 15 heavy (non-hydrogen) atoms. The molecule has 2 N–H and O–H groups in total. The minimum absolute atomic E-state index is 0.0721. The molecule has 0 saturated heterocycles. The third kappa shape index (κ3) is 2.50. The molecule has 1 aromatic carbocycles. The van der Waals surface area contributed by atoms with Crippen molar-refractivity contribution in [2.24, 2.45) is 0 Å². The van der Waals surface area contributed by atoms with Gasteiger partial charge in [-0.05, 0) is 12.1 Å². The highest BCUT2D eigenvalue weighted by molar-refractivity contribution is 7.94. The Balaban J connectivity index is 2.09. The third-order valence-corrected chi connectivity index (χ3v) is 3.52. The molecule has 0 spiro atoms. The maximum atomic E-state index is 11.1. The summed E-state index contributed by atoms with van der Waals surface area (Å²) in [6.45, 7) is 0. The first-order valence-electron chi connectivity index (χ1n) is 4.52. The van der Waals surface area contributed by atoms with E-state index in [2.05, 4.69) is 5.32 Å². The van der Waals surface area contributed by atoms with Crippen molar-refractivity contribution in [3.63, 3.8) is 0 Å². The molecule has 0 aliphatic carbocycles. The van der Waals surface area contributed by atoms with Gasteiger partial charge in [-0.25, -0.2) is 8.42 Å². The summed E-state index contributed by atoms with van der Waals surface area (Å²) in [6, 6.07) is 6.38. The normalized spacial score (nSPS) is 22.8. The molecule has 0 radical (unpaired) electrons. The molecule has 1 aliphatic heterocycles. The number of rotatable bonds is 2. The lowest BCUT2D eigenvalue weighted by Gasteiger charge is -2.11. The van der Waals surface area contributed by atoms with E-state index in [1.54, 1.807) is 30.3 Å². The Morgan fingerprint density at radius 1 is 1.40 bits per heavy atom. The van der Waals surface area contributed by atoms with Crippen LogP contribution in [-0.4, -0.2) is 25.3 Å². The fourth-order valence-corrected chi connectivity index (χ4v) is 2.71. The first-order chi connectivity index (χ1) is 7.05. The zero-order valence-electron chi connectivity index (χ0n) is 7.92. The summed E-state index contributed by atoms with van der Waals surface area (Å²) in [5, 5.41) is 13.4. The quantitative estimate of drug-likeness (QED) is 0.791. The predicted octanol–water partition coefficient (Wildman–Crippen LogP) is 1.11. The van der Waals surface area contributed by atoms with Crippen LogP contribution in [-0.2, 0) is 9.84 Å². The Kier molecular flexibility index (Phi) is 2.40. The zero-order valence-corrected chi connectivity index (χ0v) is 8.74. The van der Waals surface area contributed by atoms with E-state index in [1.807, 2.05) is 0 Å². The summed E-state index contributed by atoms with van der Waals surface area (Å²) in [7, 11) is -3.03. The van der Waals surface area contributed by atoms with Crippen molar-refractivity contribution in [1.29, 1.82) is 0 Å². The molecule has 0 aromatic heterocycles. The molecule has 1 atom stereocenters. The van der Waals surface area contributed by atoms with Crippen molar-refractivity contribution in [3.8, 4) is 5.75 Å². The van der Waals surface area contributed by atoms with Crippen molar-refractivity contribution in [1.82, 2.24) is 0 Å². The highest BCUT2D eigenvalue weighted by Gasteiger charge is 2.21. The van der Waals surface area contributed by atoms with Gasteiger partial charge in [0.25, 0.3) is 0 Å². The molecule has 1 aromatic rings. The van der Waals surface area contributed by atoms with Crippen LogP contribution in [0.5, 0.6) is 5.75 Å². The maximum Gasteiger partial charge on any atom is 0.173 e. The highest BCUT2D eigenvalue weighted by atomic mass is 32.2. The lowest BCUT2D eigenvalue weighted by atomic mass is 10.2. The number of hydrogen-bond donors (Lipinski definition) is 2. The fraction of sp³-hybridized carbons (Fsp3) is 0.200. The molecule has 1 heterocycles. The van der Waals surface area contributed by atoms with Crippen molar-refractivity contribution >= 4 is 15.5 Å². The SMILES string of the molecule is O=S1(=O)C=C[C@H](Nc2cccc(O)c2)C1. The van der Waals surface area contributed by atoms with Crippen molar-refractivity contribution in [3.05, 3.63) is 35.7 Å². The molecule has 0 unspecified atom stereocenters. The van der Waals surface area contributed by atoms with Crippen molar-refractivity contribution in [2.45, 2.75) is 6.04 Å². The molecule has 4 nitrogen and oxygen atoms in total. The summed E-state index contributed by atoms with van der Waals surface area (Å²) >= 11 is 0. The molecule has 0 saturated carbocycles. The molecular formula is C10H11NO3S. The predicted molar refractivity (Wildman–Crippen MR) is 58.4 cm³/mol. The first-order valence-corrected chi connectivity index (χ1v) is 6.23. The summed E-state index contributed by atoms with van der Waals surface area (Å²) in [5.74, 6) is 0.229. The van der Waals surface area contributed by atoms with E-state index in [1.165, 1.54) is 5.41 Å². The van der Waals surface area contributed by atoms with Crippen molar-refractivity contribution < 1.29 is 13.5 Å². The number of aromatic hydroxyl groups is 1. The van der Waals surface area contributed by atoms with Gasteiger partial charge in [-0.15, -0.1) is 0 Å². The second-order valence-corrected chi connectivity index (χ2v) is 5.39. The largest absolute Gasteiger partial charge is 0.508 e. The van der Waals surface area contributed by atoms with Gasteiger partial charge in [0.05, 0.1) is 11.8 Å². The molecule has 0 amide bonds. The number of phenolic OH excluding ortho intramolecular Hbond substituents is 1. The smallest absolute Gasteiger partial charge is 0.173 e. The van der Waals surface area contributed by atoms with E-state index < -0.39 is 9.84 Å². The first kappa shape index (κ1) is 10.0. The van der Waals surface area contributed by atoms with E-state index in [4.69, 9.17) is 0 Å². The average molecular weight is 225 g/mol. The van der Waals surface area contributed by atoms with Crippen LogP contribution in [0.15, 0.2) is 35.7 Å². The minimum Gasteiger partial charge on any atom is -0.508 e. The van der Waals surface area contributed by atoms with Gasteiger partial charge in [-0.3, -0.25) is 0 Å². The third-order valence-electron chi connectivity index (χ3n) is 2.13. The van der Waals surface area contributed by atoms with Crippen LogP contribution in [0.2, 0.25) is 0 Å². The minimum atomic E-state index is -3.03. The number of anilines is 1. The highest BCUT2D eigenvalue weighted by Crippen LogP contribution is 2.19. The van der Waals surface area contributed by atoms with E-state index in [-0.39, 0.29) is 17.5 Å². The summed E-state index contributed by atoms with van der Waals surface area (Å²) in [5.41, 5.74) is 0.710. The molecule has 80 valence electrons. The van der Waals surface area contributed by atoms with E-state index in [0.29, 0.717) is 5.69 Å². The Morgan fingerprint density at radius 2 is 2.20 bits per heavy atom. The monoisotopic (exact) mass is 225 g/mol. The fourth-order valence-electron chi connectivity index (χ4n) is 1.48. The van der Waals surface area contributed by atoms with Crippen LogP contribution in [0.3, 0.4) is 0 Å². The average Bonchev–Trinajstić information content (AvgIpc) is 2.45. The van der Waals surface area contributed by atoms with E-state index in [9.17, 15) is 13.5 Å². The number of benzene rings is 1. The van der Waals surface area contributed by atoms with Crippen LogP contribution in [0.25, 0.3) is 0 Å². The topological polar surface area (TPSA) is 66.4 Å². The lowest BCUT2D eigenvalue weighted by molar-refractivity contribution is 0.475. The molecule has 0 bridgehead atoms. The number of nitrogens with one attached hydrogen (secondary N) is 1. The number of phenols is 1. The molecule has 5 heteroatoms. The van der Waals surface area contributed by atoms with Gasteiger partial charge < -0.3 is 10.4 Å². The molecule has 2 rings (SSSR count). The van der Waals surface area contributed by atoms with E-state index >= 15 is 0 Å². The summed E-state index contributed by atoms with van der Waals surface area (Å²) in [4.78, 5) is 0. The van der Waals surface area contributed by atoms with Crippen LogP contribution in [0.4, 0.5) is 5.69 Å². The van der Waals surface area contributed by atoms with E-state index in [0.717, 1.165) is 0 Å². The molecule has 0 fully saturated rings. The maximum absolute atomic E-state index is 11.1. The van der Waals surface area contributed by atoms with Crippen molar-refractivity contribution in [2.75, 3.05) is 11.1 Å². The van der Waals surface area contributed by atoms with Crippen LogP contribution in [0.1, 0.15) is 0 Å². The Morgan fingerprint density at radius 3 is 2.80 bits per heavy atom. The Labute approximate surface area is 88.2 Å². The Hall–Kier alpha value is -1.49. The van der Waals surface area contributed by atoms with Gasteiger partial charge in [0.15, 0.2) is 9.84 Å². The van der Waals surface area contributed by atoms with Gasteiger partial charge >= 0.3 is 0 Å². The van der Waals surface area contributed by atoms with Gasteiger partial charge in [0.2, 0.25) is 0 Å². The van der Waals surface area contributed by atoms with Crippen LogP contribution in [0, 0.1) is 0 Å². The molecular weight excluding hydrogens is 214 g/mol. The van der Waals surface area contributed by atoms with Crippen LogP contribution < -0.4 is 5.32 Å². The zero-order chi connectivity index (χ0) is 10.9. The summed E-state index contributed by atoms with van der Waals surface area (Å²) in [6.07, 6.45) is 1.61. The van der Waals surface area contributed by atoms with Gasteiger partial charge in [0, 0.05) is 17.2 Å². The Bertz CT molecular complexity index is 493. The standard InChI is InChI=1S/C10H11NO3S/c12-10-3-1-2-8(6-10)11-9-4-5-15(13,14)7-9/h1-6,9,11-12H,7H2/t9-/m0/s1. The lowest BCUT2D eigenvalue weighted by Crippen LogP contribution is -2.20. The van der Waals surface area contributed by atoms with Gasteiger partial charge in [-0.2, -0.15) is 0 Å². The summed E-state index contributed by atoms with van der Waals surface area (Å²) < 4.78 is 22.2. The van der Waals surface area contributed by atoms with Crippen LogP contribution >= 0.6 is 0 Å². The number of hydrogen-bond acceptors (Lipinski definition) is 4. The number of sulfone groups is 1.